The van der Waals surface area contributed by atoms with Crippen molar-refractivity contribution in [3.8, 4) is 0 Å². The Kier molecular flexibility index (Phi) is 4.73. The van der Waals surface area contributed by atoms with Gasteiger partial charge in [-0.25, -0.2) is 0 Å². The highest BCUT2D eigenvalue weighted by molar-refractivity contribution is 4.54. The van der Waals surface area contributed by atoms with Crippen molar-refractivity contribution >= 4 is 0 Å². The summed E-state index contributed by atoms with van der Waals surface area (Å²) in [5, 5.41) is 20.6. The van der Waals surface area contributed by atoms with E-state index in [1.807, 2.05) is 0 Å². The van der Waals surface area contributed by atoms with Crippen molar-refractivity contribution in [1.82, 2.24) is 5.32 Å². The van der Waals surface area contributed by atoms with E-state index in [9.17, 15) is 10.1 Å². The number of rotatable bonds is 5. The normalized spacial score (nSPS) is 13.0. The molecule has 0 fully saturated rings. The Morgan fingerprint density at radius 2 is 2.40 bits per heavy atom. The lowest BCUT2D eigenvalue weighted by molar-refractivity contribution is -0.483. The molecule has 0 aliphatic heterocycles. The van der Waals surface area contributed by atoms with Crippen molar-refractivity contribution in [3.05, 3.63) is 10.1 Å². The van der Waals surface area contributed by atoms with Crippen LogP contribution in [0, 0.1) is 10.1 Å². The Morgan fingerprint density at radius 3 is 2.80 bits per heavy atom. The Labute approximate surface area is 58.2 Å². The third kappa shape index (κ3) is 5.42. The minimum absolute atomic E-state index is 0.0641. The van der Waals surface area contributed by atoms with Crippen molar-refractivity contribution in [3.63, 3.8) is 0 Å². The van der Waals surface area contributed by atoms with Crippen LogP contribution in [0.1, 0.15) is 0 Å². The zero-order chi connectivity index (χ0) is 7.98. The number of aliphatic hydroxyl groups excluding tert-OH is 1. The van der Waals surface area contributed by atoms with Gasteiger partial charge in [0.25, 0.3) is 0 Å². The van der Waals surface area contributed by atoms with Crippen LogP contribution in [0.5, 0.6) is 0 Å². The van der Waals surface area contributed by atoms with Crippen LogP contribution in [-0.2, 0) is 0 Å². The molecule has 0 aromatic rings. The van der Waals surface area contributed by atoms with Gasteiger partial charge in [0.05, 0.1) is 6.61 Å². The maximum atomic E-state index is 9.80. The summed E-state index contributed by atoms with van der Waals surface area (Å²) in [6, 6.07) is 0. The third-order valence-electron chi connectivity index (χ3n) is 0.864. The van der Waals surface area contributed by atoms with Crippen LogP contribution in [0.3, 0.4) is 0 Å². The molecule has 0 rings (SSSR count). The van der Waals surface area contributed by atoms with E-state index in [0.717, 1.165) is 0 Å². The first-order valence-corrected chi connectivity index (χ1v) is 2.88. The molecule has 0 aliphatic carbocycles. The summed E-state index contributed by atoms with van der Waals surface area (Å²) in [4.78, 5) is 9.29. The zero-order valence-electron chi connectivity index (χ0n) is 5.49. The number of aliphatic hydroxyl groups is 1. The van der Waals surface area contributed by atoms with E-state index >= 15 is 0 Å². The number of hydrogen-bond acceptors (Lipinski definition) is 5. The van der Waals surface area contributed by atoms with Gasteiger partial charge in [0, 0.05) is 11.5 Å². The molecule has 60 valence electrons. The standard InChI is InChI=1S/C4H11N3O3/c5-4(3-7(9)10)6-1-2-8/h4,6,8H,1-3,5H2. The van der Waals surface area contributed by atoms with E-state index in [1.165, 1.54) is 0 Å². The topological polar surface area (TPSA) is 101 Å². The summed E-state index contributed by atoms with van der Waals surface area (Å²) in [6.07, 6.45) is -0.665. The molecule has 0 radical (unpaired) electrons. The fourth-order valence-electron chi connectivity index (χ4n) is 0.475. The fraction of sp³-hybridized carbons (Fsp3) is 1.00. The van der Waals surface area contributed by atoms with Crippen molar-refractivity contribution in [2.75, 3.05) is 19.7 Å². The van der Waals surface area contributed by atoms with Crippen LogP contribution in [0.4, 0.5) is 0 Å². The second-order valence-corrected chi connectivity index (χ2v) is 1.80. The summed E-state index contributed by atoms with van der Waals surface area (Å²) in [5.41, 5.74) is 5.20. The molecule has 0 aromatic carbocycles. The van der Waals surface area contributed by atoms with Crippen LogP contribution in [0.25, 0.3) is 0 Å². The van der Waals surface area contributed by atoms with E-state index in [-0.39, 0.29) is 19.7 Å². The summed E-state index contributed by atoms with van der Waals surface area (Å²) < 4.78 is 0. The van der Waals surface area contributed by atoms with Crippen molar-refractivity contribution in [2.24, 2.45) is 5.73 Å². The summed E-state index contributed by atoms with van der Waals surface area (Å²) in [5.74, 6) is 0. The van der Waals surface area contributed by atoms with Gasteiger partial charge in [-0.1, -0.05) is 0 Å². The first-order valence-electron chi connectivity index (χ1n) is 2.88. The molecule has 0 spiro atoms. The summed E-state index contributed by atoms with van der Waals surface area (Å²) in [7, 11) is 0. The van der Waals surface area contributed by atoms with E-state index in [4.69, 9.17) is 10.8 Å². The molecule has 0 amide bonds. The van der Waals surface area contributed by atoms with Gasteiger partial charge in [-0.2, -0.15) is 0 Å². The molecule has 6 heteroatoms. The molecule has 0 aliphatic rings. The number of nitrogens with two attached hydrogens (primary N) is 1. The Hall–Kier alpha value is -0.720. The molecular weight excluding hydrogens is 138 g/mol. The minimum Gasteiger partial charge on any atom is -0.395 e. The van der Waals surface area contributed by atoms with Crippen LogP contribution in [0.2, 0.25) is 0 Å². The fourth-order valence-corrected chi connectivity index (χ4v) is 0.475. The maximum Gasteiger partial charge on any atom is 0.231 e. The molecule has 1 atom stereocenters. The molecule has 4 N–H and O–H groups in total. The smallest absolute Gasteiger partial charge is 0.231 e. The lowest BCUT2D eigenvalue weighted by Crippen LogP contribution is -2.44. The van der Waals surface area contributed by atoms with Gasteiger partial charge >= 0.3 is 0 Å². The summed E-state index contributed by atoms with van der Waals surface area (Å²) in [6.45, 7) is -0.0968. The quantitative estimate of drug-likeness (QED) is 0.241. The van der Waals surface area contributed by atoms with Gasteiger partial charge < -0.3 is 10.8 Å². The van der Waals surface area contributed by atoms with Gasteiger partial charge in [0.15, 0.2) is 0 Å². The number of nitro groups is 1. The second kappa shape index (κ2) is 5.10. The highest BCUT2D eigenvalue weighted by atomic mass is 16.6. The minimum atomic E-state index is -0.665. The molecule has 1 unspecified atom stereocenters. The van der Waals surface area contributed by atoms with Crippen LogP contribution in [-0.4, -0.2) is 35.9 Å². The molecule has 10 heavy (non-hydrogen) atoms. The monoisotopic (exact) mass is 149 g/mol. The molecule has 6 nitrogen and oxygen atoms in total. The lowest BCUT2D eigenvalue weighted by atomic mass is 10.5. The molecule has 0 aromatic heterocycles. The molecule has 0 bridgehead atoms. The Balaban J connectivity index is 3.25. The van der Waals surface area contributed by atoms with Gasteiger partial charge in [0.1, 0.15) is 6.17 Å². The van der Waals surface area contributed by atoms with Crippen molar-refractivity contribution in [1.29, 1.82) is 0 Å². The number of hydrogen-bond donors (Lipinski definition) is 3. The van der Waals surface area contributed by atoms with Gasteiger partial charge in [-0.15, -0.1) is 0 Å². The van der Waals surface area contributed by atoms with Crippen LogP contribution >= 0.6 is 0 Å². The lowest BCUT2D eigenvalue weighted by Gasteiger charge is -2.06. The van der Waals surface area contributed by atoms with Gasteiger partial charge in [0.2, 0.25) is 6.54 Å². The molecule has 0 heterocycles. The predicted octanol–water partition coefficient (Wildman–Crippen LogP) is -1.87. The number of nitrogens with zero attached hydrogens (tertiary/aromatic N) is 1. The van der Waals surface area contributed by atoms with Crippen molar-refractivity contribution in [2.45, 2.75) is 6.17 Å². The van der Waals surface area contributed by atoms with E-state index in [2.05, 4.69) is 5.32 Å². The average molecular weight is 149 g/mol. The average Bonchev–Trinajstić information content (AvgIpc) is 1.82. The highest BCUT2D eigenvalue weighted by Crippen LogP contribution is 1.72. The molecular formula is C4H11N3O3. The SMILES string of the molecule is NC(C[N+](=O)[O-])NCCO. The van der Waals surface area contributed by atoms with Gasteiger partial charge in [-0.3, -0.25) is 15.4 Å². The maximum absolute atomic E-state index is 9.80. The first-order chi connectivity index (χ1) is 4.66. The first kappa shape index (κ1) is 9.28. The summed E-state index contributed by atoms with van der Waals surface area (Å²) >= 11 is 0. The van der Waals surface area contributed by atoms with E-state index < -0.39 is 11.1 Å². The van der Waals surface area contributed by atoms with Crippen LogP contribution in [0.15, 0.2) is 0 Å². The van der Waals surface area contributed by atoms with E-state index in [1.54, 1.807) is 0 Å². The second-order valence-electron chi connectivity index (χ2n) is 1.80. The molecule has 0 saturated heterocycles. The number of nitrogens with one attached hydrogen (secondary N) is 1. The largest absolute Gasteiger partial charge is 0.395 e. The van der Waals surface area contributed by atoms with E-state index in [0.29, 0.717) is 0 Å². The Morgan fingerprint density at radius 1 is 1.80 bits per heavy atom. The molecule has 0 saturated carbocycles. The van der Waals surface area contributed by atoms with Crippen LogP contribution < -0.4 is 11.1 Å². The highest BCUT2D eigenvalue weighted by Gasteiger charge is 2.06. The van der Waals surface area contributed by atoms with Crippen molar-refractivity contribution < 1.29 is 10.0 Å². The third-order valence-corrected chi connectivity index (χ3v) is 0.864. The van der Waals surface area contributed by atoms with Gasteiger partial charge in [-0.05, 0) is 0 Å². The predicted molar refractivity (Wildman–Crippen MR) is 34.9 cm³/mol. The zero-order valence-corrected chi connectivity index (χ0v) is 5.49. The Bertz CT molecular complexity index is 108.